The van der Waals surface area contributed by atoms with E-state index in [1.54, 1.807) is 30.3 Å². The number of para-hydroxylation sites is 1. The van der Waals surface area contributed by atoms with Crippen LogP contribution in [0.15, 0.2) is 70.2 Å². The Morgan fingerprint density at radius 2 is 1.97 bits per heavy atom. The highest BCUT2D eigenvalue weighted by Crippen LogP contribution is 2.33. The minimum absolute atomic E-state index is 0.167. The van der Waals surface area contributed by atoms with Gasteiger partial charge < -0.3 is 19.0 Å². The molecule has 0 aliphatic carbocycles. The molecule has 0 spiro atoms. The van der Waals surface area contributed by atoms with Gasteiger partial charge in [-0.25, -0.2) is 8.42 Å². The number of sulfone groups is 1. The van der Waals surface area contributed by atoms with Crippen LogP contribution in [0.25, 0.3) is 0 Å². The lowest BCUT2D eigenvalue weighted by Crippen LogP contribution is -2.32. The van der Waals surface area contributed by atoms with Gasteiger partial charge in [0.2, 0.25) is 0 Å². The summed E-state index contributed by atoms with van der Waals surface area (Å²) in [6, 6.07) is 17.0. The maximum atomic E-state index is 13.1. The van der Waals surface area contributed by atoms with Crippen molar-refractivity contribution in [2.24, 2.45) is 0 Å². The number of furan rings is 1. The van der Waals surface area contributed by atoms with E-state index in [4.69, 9.17) is 9.15 Å². The summed E-state index contributed by atoms with van der Waals surface area (Å²) in [6.45, 7) is 3.65. The van der Waals surface area contributed by atoms with Crippen molar-refractivity contribution in [3.05, 3.63) is 77.7 Å². The van der Waals surface area contributed by atoms with Crippen molar-refractivity contribution in [3.8, 4) is 5.75 Å². The fourth-order valence-corrected chi connectivity index (χ4v) is 4.92. The van der Waals surface area contributed by atoms with Crippen LogP contribution in [0.5, 0.6) is 5.75 Å². The standard InChI is InChI=1S/C26H30N2O5S/c1-19-16-20-8-4-5-11-24(20)28(19)18-21-12-15-33-25(21)26(29)27(2)13-7-14-32-22-9-6-10-23(17-22)34(3,30)31/h4-6,8-12,15,17,19H,7,13-14,16,18H2,1-3H3. The zero-order chi connectivity index (χ0) is 24.3. The molecule has 1 aromatic heterocycles. The number of carbonyl (C=O) groups excluding carboxylic acids is 1. The van der Waals surface area contributed by atoms with Gasteiger partial charge in [-0.1, -0.05) is 24.3 Å². The van der Waals surface area contributed by atoms with E-state index in [0.717, 1.165) is 12.0 Å². The monoisotopic (exact) mass is 482 g/mol. The van der Waals surface area contributed by atoms with Crippen LogP contribution in [0, 0.1) is 0 Å². The van der Waals surface area contributed by atoms with Crippen LogP contribution < -0.4 is 9.64 Å². The molecule has 7 nitrogen and oxygen atoms in total. The van der Waals surface area contributed by atoms with Crippen molar-refractivity contribution in [2.75, 3.05) is 31.4 Å². The number of hydrogen-bond donors (Lipinski definition) is 0. The summed E-state index contributed by atoms with van der Waals surface area (Å²) in [5.74, 6) is 0.685. The van der Waals surface area contributed by atoms with E-state index in [-0.39, 0.29) is 10.8 Å². The highest BCUT2D eigenvalue weighted by atomic mass is 32.2. The third-order valence-corrected chi connectivity index (χ3v) is 7.23. The summed E-state index contributed by atoms with van der Waals surface area (Å²) in [6.07, 6.45) is 4.32. The van der Waals surface area contributed by atoms with Gasteiger partial charge >= 0.3 is 0 Å². The Labute approximate surface area is 200 Å². The van der Waals surface area contributed by atoms with Gasteiger partial charge in [0.05, 0.1) is 17.8 Å². The van der Waals surface area contributed by atoms with Gasteiger partial charge in [-0.15, -0.1) is 0 Å². The number of ether oxygens (including phenoxy) is 1. The summed E-state index contributed by atoms with van der Waals surface area (Å²) in [5, 5.41) is 0. The van der Waals surface area contributed by atoms with Gasteiger partial charge in [-0.05, 0) is 55.7 Å². The summed E-state index contributed by atoms with van der Waals surface area (Å²) in [4.78, 5) is 17.2. The van der Waals surface area contributed by atoms with Crippen LogP contribution in [-0.2, 0) is 22.8 Å². The molecule has 0 radical (unpaired) electrons. The molecule has 34 heavy (non-hydrogen) atoms. The Morgan fingerprint density at radius 3 is 2.76 bits per heavy atom. The van der Waals surface area contributed by atoms with Crippen LogP contribution in [0.2, 0.25) is 0 Å². The molecule has 8 heteroatoms. The molecule has 1 atom stereocenters. The molecule has 3 aromatic rings. The van der Waals surface area contributed by atoms with Crippen LogP contribution in [-0.4, -0.2) is 51.7 Å². The third-order valence-electron chi connectivity index (χ3n) is 6.12. The fourth-order valence-electron chi connectivity index (χ4n) is 4.26. The molecule has 180 valence electrons. The van der Waals surface area contributed by atoms with Crippen LogP contribution in [0.3, 0.4) is 0 Å². The van der Waals surface area contributed by atoms with Crippen molar-refractivity contribution in [1.29, 1.82) is 0 Å². The van der Waals surface area contributed by atoms with Gasteiger partial charge in [-0.3, -0.25) is 4.79 Å². The SMILES string of the molecule is CC1Cc2ccccc2N1Cc1ccoc1C(=O)N(C)CCCOc1cccc(S(C)(=O)=O)c1. The first-order chi connectivity index (χ1) is 16.2. The molecule has 2 aromatic carbocycles. The van der Waals surface area contributed by atoms with Crippen molar-refractivity contribution in [2.45, 2.75) is 37.2 Å². The predicted molar refractivity (Wildman–Crippen MR) is 131 cm³/mol. The lowest BCUT2D eigenvalue weighted by atomic mass is 10.1. The van der Waals surface area contributed by atoms with Crippen LogP contribution in [0.4, 0.5) is 5.69 Å². The average Bonchev–Trinajstić information content (AvgIpc) is 3.40. The number of carbonyl (C=O) groups is 1. The Morgan fingerprint density at radius 1 is 1.18 bits per heavy atom. The molecule has 1 aliphatic rings. The minimum atomic E-state index is -3.29. The van der Waals surface area contributed by atoms with E-state index in [1.807, 2.05) is 12.1 Å². The van der Waals surface area contributed by atoms with Gasteiger partial charge in [0.15, 0.2) is 15.6 Å². The molecule has 0 fully saturated rings. The Bertz CT molecular complexity index is 1270. The van der Waals surface area contributed by atoms with Crippen LogP contribution >= 0.6 is 0 Å². The highest BCUT2D eigenvalue weighted by Gasteiger charge is 2.28. The number of amides is 1. The number of anilines is 1. The van der Waals surface area contributed by atoms with Gasteiger partial charge in [-0.2, -0.15) is 0 Å². The number of nitrogens with zero attached hydrogens (tertiary/aromatic N) is 2. The first kappa shape index (κ1) is 23.9. The number of rotatable bonds is 9. The average molecular weight is 483 g/mol. The smallest absolute Gasteiger partial charge is 0.289 e. The summed E-state index contributed by atoms with van der Waals surface area (Å²) >= 11 is 0. The predicted octanol–water partition coefficient (Wildman–Crippen LogP) is 4.18. The summed E-state index contributed by atoms with van der Waals surface area (Å²) in [7, 11) is -1.54. The molecule has 1 unspecified atom stereocenters. The topological polar surface area (TPSA) is 80.1 Å². The highest BCUT2D eigenvalue weighted by molar-refractivity contribution is 7.90. The zero-order valence-corrected chi connectivity index (χ0v) is 20.5. The number of benzene rings is 2. The van der Waals surface area contributed by atoms with Crippen molar-refractivity contribution in [3.63, 3.8) is 0 Å². The van der Waals surface area contributed by atoms with E-state index < -0.39 is 9.84 Å². The quantitative estimate of drug-likeness (QED) is 0.426. The van der Waals surface area contributed by atoms with Crippen molar-refractivity contribution in [1.82, 2.24) is 4.90 Å². The van der Waals surface area contributed by atoms with Gasteiger partial charge in [0, 0.05) is 43.7 Å². The molecule has 2 heterocycles. The third kappa shape index (κ3) is 5.28. The normalized spacial score (nSPS) is 15.3. The Balaban J connectivity index is 1.33. The molecule has 0 bridgehead atoms. The molecular weight excluding hydrogens is 452 g/mol. The van der Waals surface area contributed by atoms with Gasteiger partial charge in [0.25, 0.3) is 5.91 Å². The van der Waals surface area contributed by atoms with E-state index in [1.165, 1.54) is 29.6 Å². The molecule has 0 saturated carbocycles. The maximum absolute atomic E-state index is 13.1. The second kappa shape index (κ2) is 9.93. The Hall–Kier alpha value is -3.26. The minimum Gasteiger partial charge on any atom is -0.493 e. The fraction of sp³-hybridized carbons (Fsp3) is 0.346. The maximum Gasteiger partial charge on any atom is 0.289 e. The molecule has 1 amide bonds. The zero-order valence-electron chi connectivity index (χ0n) is 19.7. The van der Waals surface area contributed by atoms with E-state index in [2.05, 4.69) is 30.0 Å². The molecule has 1 aliphatic heterocycles. The van der Waals surface area contributed by atoms with Crippen molar-refractivity contribution < 1.29 is 22.4 Å². The van der Waals surface area contributed by atoms with E-state index in [0.29, 0.717) is 43.7 Å². The largest absolute Gasteiger partial charge is 0.493 e. The molecule has 0 saturated heterocycles. The first-order valence-corrected chi connectivity index (χ1v) is 13.2. The molecule has 0 N–H and O–H groups in total. The first-order valence-electron chi connectivity index (χ1n) is 11.3. The molecule has 4 rings (SSSR count). The lowest BCUT2D eigenvalue weighted by molar-refractivity contribution is 0.0755. The number of fused-ring (bicyclic) bond motifs is 1. The van der Waals surface area contributed by atoms with E-state index in [9.17, 15) is 13.2 Å². The summed E-state index contributed by atoms with van der Waals surface area (Å²) in [5.41, 5.74) is 3.40. The van der Waals surface area contributed by atoms with E-state index >= 15 is 0 Å². The van der Waals surface area contributed by atoms with Gasteiger partial charge in [0.1, 0.15) is 5.75 Å². The second-order valence-electron chi connectivity index (χ2n) is 8.76. The van der Waals surface area contributed by atoms with Crippen molar-refractivity contribution >= 4 is 21.4 Å². The van der Waals surface area contributed by atoms with Crippen LogP contribution in [0.1, 0.15) is 35.0 Å². The molecular formula is C26H30N2O5S. The lowest BCUT2D eigenvalue weighted by Gasteiger charge is -2.25. The summed E-state index contributed by atoms with van der Waals surface area (Å²) < 4.78 is 34.7. The Kier molecular flexibility index (Phi) is 6.97. The number of hydrogen-bond acceptors (Lipinski definition) is 6. The second-order valence-corrected chi connectivity index (χ2v) is 10.8.